The molecule has 1 N–H and O–H groups in total. The van der Waals surface area contributed by atoms with E-state index >= 15 is 0 Å². The topological polar surface area (TPSA) is 85.1 Å². The minimum Gasteiger partial charge on any atom is -0.452 e. The number of aromatic nitrogens is 5. The lowest BCUT2D eigenvalue weighted by atomic mass is 10.1. The van der Waals surface area contributed by atoms with Gasteiger partial charge in [-0.3, -0.25) is 4.68 Å². The Balaban J connectivity index is 1.50. The van der Waals surface area contributed by atoms with E-state index in [4.69, 9.17) is 14.5 Å². The van der Waals surface area contributed by atoms with Crippen molar-refractivity contribution in [3.05, 3.63) is 67.1 Å². The molecule has 4 heterocycles. The van der Waals surface area contributed by atoms with Crippen molar-refractivity contribution in [1.29, 1.82) is 0 Å². The Morgan fingerprint density at radius 2 is 1.85 bits per heavy atom. The van der Waals surface area contributed by atoms with Crippen LogP contribution in [0.5, 0.6) is 0 Å². The van der Waals surface area contributed by atoms with Crippen molar-refractivity contribution in [1.82, 2.24) is 24.5 Å². The lowest BCUT2D eigenvalue weighted by Crippen LogP contribution is -2.21. The third kappa shape index (κ3) is 4.45. The van der Waals surface area contributed by atoms with Crippen molar-refractivity contribution in [2.24, 2.45) is 0 Å². The van der Waals surface area contributed by atoms with Gasteiger partial charge in [-0.2, -0.15) is 10.2 Å². The summed E-state index contributed by atoms with van der Waals surface area (Å²) in [6, 6.07) is 16.0. The number of pyridine rings is 1. The summed E-state index contributed by atoms with van der Waals surface area (Å²) in [5, 5.41) is 19.1. The quantitative estimate of drug-likeness (QED) is 0.380. The third-order valence-electron chi connectivity index (χ3n) is 5.69. The first-order chi connectivity index (χ1) is 16.3. The molecule has 5 aromatic rings. The Labute approximate surface area is 198 Å². The number of aliphatic hydroxyl groups is 1. The summed E-state index contributed by atoms with van der Waals surface area (Å²) in [5.41, 5.74) is 4.45. The van der Waals surface area contributed by atoms with E-state index in [1.807, 2.05) is 84.6 Å². The molecule has 0 unspecified atom stereocenters. The molecule has 0 aliphatic carbocycles. The van der Waals surface area contributed by atoms with Crippen LogP contribution in [0.1, 0.15) is 20.3 Å². The molecule has 0 aliphatic heterocycles. The number of aryl methyl sites for hydroxylation is 1. The summed E-state index contributed by atoms with van der Waals surface area (Å²) < 4.78 is 9.84. The van der Waals surface area contributed by atoms with Gasteiger partial charge in [0.15, 0.2) is 11.4 Å². The van der Waals surface area contributed by atoms with E-state index < -0.39 is 5.60 Å². The number of fused-ring (bicyclic) bond motifs is 1. The smallest absolute Gasteiger partial charge is 0.176 e. The normalized spacial score (nSPS) is 11.9. The van der Waals surface area contributed by atoms with Gasteiger partial charge in [-0.1, -0.05) is 30.3 Å². The van der Waals surface area contributed by atoms with Crippen molar-refractivity contribution >= 4 is 16.8 Å². The molecule has 0 fully saturated rings. The second-order valence-corrected chi connectivity index (χ2v) is 9.29. The molecule has 0 saturated heterocycles. The van der Waals surface area contributed by atoms with Crippen LogP contribution in [0, 0.1) is 0 Å². The van der Waals surface area contributed by atoms with E-state index in [0.717, 1.165) is 28.0 Å². The summed E-state index contributed by atoms with van der Waals surface area (Å²) in [6.07, 6.45) is 6.24. The molecule has 0 saturated carbocycles. The van der Waals surface area contributed by atoms with Gasteiger partial charge in [0.1, 0.15) is 11.3 Å². The minimum absolute atomic E-state index is 0.610. The molecular weight excluding hydrogens is 428 g/mol. The summed E-state index contributed by atoms with van der Waals surface area (Å²) >= 11 is 0. The van der Waals surface area contributed by atoms with Crippen molar-refractivity contribution in [2.75, 3.05) is 19.0 Å². The number of nitrogens with zero attached hydrogens (tertiary/aromatic N) is 6. The van der Waals surface area contributed by atoms with Crippen molar-refractivity contribution in [3.8, 4) is 28.4 Å². The maximum atomic E-state index is 9.99. The van der Waals surface area contributed by atoms with E-state index in [0.29, 0.717) is 30.1 Å². The highest BCUT2D eigenvalue weighted by Gasteiger charge is 2.18. The lowest BCUT2D eigenvalue weighted by molar-refractivity contribution is 0.0651. The summed E-state index contributed by atoms with van der Waals surface area (Å²) in [4.78, 5) is 6.85. The zero-order chi connectivity index (χ0) is 23.9. The largest absolute Gasteiger partial charge is 0.452 e. The zero-order valence-electron chi connectivity index (χ0n) is 19.8. The third-order valence-corrected chi connectivity index (χ3v) is 5.69. The minimum atomic E-state index is -0.737. The molecule has 0 aliphatic rings. The molecule has 4 aromatic heterocycles. The van der Waals surface area contributed by atoms with Crippen LogP contribution < -0.4 is 4.90 Å². The maximum absolute atomic E-state index is 9.99. The van der Waals surface area contributed by atoms with Gasteiger partial charge in [0.2, 0.25) is 0 Å². The fourth-order valence-electron chi connectivity index (χ4n) is 3.80. The second kappa shape index (κ2) is 8.46. The first-order valence-corrected chi connectivity index (χ1v) is 11.3. The van der Waals surface area contributed by atoms with Gasteiger partial charge < -0.3 is 14.4 Å². The number of rotatable bonds is 7. The molecule has 0 bridgehead atoms. The molecule has 34 heavy (non-hydrogen) atoms. The molecule has 0 amide bonds. The van der Waals surface area contributed by atoms with E-state index in [9.17, 15) is 5.11 Å². The van der Waals surface area contributed by atoms with Crippen molar-refractivity contribution in [3.63, 3.8) is 0 Å². The SMILES string of the molecule is CN(C)c1cc(-n2ccc(-c3ccccc3)n2)nc2cc(-c3cnn(CCC(C)(C)O)c3)oc12. The number of hydrogen-bond donors (Lipinski definition) is 1. The average molecular weight is 457 g/mol. The summed E-state index contributed by atoms with van der Waals surface area (Å²) in [7, 11) is 3.96. The highest BCUT2D eigenvalue weighted by atomic mass is 16.3. The fraction of sp³-hybridized carbons (Fsp3) is 0.269. The number of benzene rings is 1. The maximum Gasteiger partial charge on any atom is 0.176 e. The van der Waals surface area contributed by atoms with Gasteiger partial charge in [-0.05, 0) is 26.3 Å². The standard InChI is InChI=1S/C26H28N6O2/c1-26(2,33)11-13-31-17-19(16-27-31)23-14-21-25(34-23)22(30(3)4)15-24(28-21)32-12-10-20(29-32)18-8-6-5-7-9-18/h5-10,12,14-17,33H,11,13H2,1-4H3. The molecule has 8 heteroatoms. The molecule has 8 nitrogen and oxygen atoms in total. The molecule has 0 atom stereocenters. The molecule has 0 radical (unpaired) electrons. The van der Waals surface area contributed by atoms with Crippen LogP contribution in [0.15, 0.2) is 71.5 Å². The Morgan fingerprint density at radius 3 is 2.59 bits per heavy atom. The van der Waals surface area contributed by atoms with Gasteiger partial charge in [-0.25, -0.2) is 9.67 Å². The first kappa shape index (κ1) is 21.9. The van der Waals surface area contributed by atoms with E-state index in [1.165, 1.54) is 0 Å². The highest BCUT2D eigenvalue weighted by molar-refractivity contribution is 5.90. The molecule has 174 valence electrons. The number of hydrogen-bond acceptors (Lipinski definition) is 6. The molecular formula is C26H28N6O2. The predicted molar refractivity (Wildman–Crippen MR) is 133 cm³/mol. The zero-order valence-corrected chi connectivity index (χ0v) is 19.8. The van der Waals surface area contributed by atoms with E-state index in [1.54, 1.807) is 24.7 Å². The average Bonchev–Trinajstić information content (AvgIpc) is 3.56. The number of anilines is 1. The van der Waals surface area contributed by atoms with Crippen LogP contribution in [-0.4, -0.2) is 49.3 Å². The van der Waals surface area contributed by atoms with Crippen LogP contribution in [0.4, 0.5) is 5.69 Å². The van der Waals surface area contributed by atoms with Crippen LogP contribution in [0.25, 0.3) is 39.5 Å². The fourth-order valence-corrected chi connectivity index (χ4v) is 3.80. The Morgan fingerprint density at radius 1 is 1.06 bits per heavy atom. The van der Waals surface area contributed by atoms with Gasteiger partial charge >= 0.3 is 0 Å². The van der Waals surface area contributed by atoms with Crippen LogP contribution in [-0.2, 0) is 6.54 Å². The van der Waals surface area contributed by atoms with Crippen LogP contribution >= 0.6 is 0 Å². The lowest BCUT2D eigenvalue weighted by Gasteiger charge is -2.16. The van der Waals surface area contributed by atoms with E-state index in [2.05, 4.69) is 5.10 Å². The summed E-state index contributed by atoms with van der Waals surface area (Å²) in [6.45, 7) is 4.22. The van der Waals surface area contributed by atoms with Gasteiger partial charge in [-0.15, -0.1) is 0 Å². The van der Waals surface area contributed by atoms with Gasteiger partial charge in [0.25, 0.3) is 0 Å². The predicted octanol–water partition coefficient (Wildman–Crippen LogP) is 4.77. The molecule has 1 aromatic carbocycles. The van der Waals surface area contributed by atoms with Gasteiger partial charge in [0, 0.05) is 50.7 Å². The van der Waals surface area contributed by atoms with Crippen LogP contribution in [0.3, 0.4) is 0 Å². The first-order valence-electron chi connectivity index (χ1n) is 11.3. The molecule has 0 spiro atoms. The van der Waals surface area contributed by atoms with E-state index in [-0.39, 0.29) is 0 Å². The summed E-state index contributed by atoms with van der Waals surface area (Å²) in [5.74, 6) is 1.41. The monoisotopic (exact) mass is 456 g/mol. The van der Waals surface area contributed by atoms with Crippen molar-refractivity contribution < 1.29 is 9.52 Å². The Hall–Kier alpha value is -3.91. The number of furan rings is 1. The Kier molecular flexibility index (Phi) is 5.45. The highest BCUT2D eigenvalue weighted by Crippen LogP contribution is 2.34. The van der Waals surface area contributed by atoms with Crippen molar-refractivity contribution in [2.45, 2.75) is 32.4 Å². The molecule has 5 rings (SSSR count). The second-order valence-electron chi connectivity index (χ2n) is 9.29. The Bertz CT molecular complexity index is 1420. The van der Waals surface area contributed by atoms with Gasteiger partial charge in [0.05, 0.1) is 28.7 Å². The van der Waals surface area contributed by atoms with Crippen LogP contribution in [0.2, 0.25) is 0 Å².